The Morgan fingerprint density at radius 3 is 2.73 bits per heavy atom. The van der Waals surface area contributed by atoms with Gasteiger partial charge < -0.3 is 10.2 Å². The Balaban J connectivity index is 2.43. The van der Waals surface area contributed by atoms with Crippen LogP contribution in [0.3, 0.4) is 0 Å². The lowest BCUT2D eigenvalue weighted by Gasteiger charge is -2.11. The lowest BCUT2D eigenvalue weighted by molar-refractivity contribution is 0.0324. The van der Waals surface area contributed by atoms with Gasteiger partial charge in [-0.1, -0.05) is 6.07 Å². The number of rotatable bonds is 3. The van der Waals surface area contributed by atoms with Crippen molar-refractivity contribution >= 4 is 11.3 Å². The van der Waals surface area contributed by atoms with Crippen molar-refractivity contribution in [2.45, 2.75) is 25.6 Å². The van der Waals surface area contributed by atoms with Crippen LogP contribution in [0.25, 0.3) is 0 Å². The zero-order chi connectivity index (χ0) is 8.27. The van der Waals surface area contributed by atoms with Gasteiger partial charge in [-0.3, -0.25) is 0 Å². The molecule has 0 fully saturated rings. The van der Waals surface area contributed by atoms with Gasteiger partial charge in [0.1, 0.15) is 0 Å². The molecule has 2 nitrogen and oxygen atoms in total. The van der Waals surface area contributed by atoms with Gasteiger partial charge in [-0.25, -0.2) is 0 Å². The quantitative estimate of drug-likeness (QED) is 0.715. The minimum Gasteiger partial charge on any atom is -0.391 e. The molecule has 0 spiro atoms. The van der Waals surface area contributed by atoms with Crippen LogP contribution in [-0.4, -0.2) is 22.4 Å². The average Bonchev–Trinajstić information content (AvgIpc) is 2.39. The van der Waals surface area contributed by atoms with Crippen LogP contribution in [0.15, 0.2) is 17.5 Å². The SMILES string of the molecule is CC(O)C(O)Cc1cccs1. The van der Waals surface area contributed by atoms with E-state index < -0.39 is 12.2 Å². The second kappa shape index (κ2) is 3.85. The monoisotopic (exact) mass is 172 g/mol. The molecule has 2 N–H and O–H groups in total. The van der Waals surface area contributed by atoms with Gasteiger partial charge in [0.25, 0.3) is 0 Å². The van der Waals surface area contributed by atoms with Crippen molar-refractivity contribution in [3.63, 3.8) is 0 Å². The summed E-state index contributed by atoms with van der Waals surface area (Å²) in [7, 11) is 0. The molecule has 0 bridgehead atoms. The van der Waals surface area contributed by atoms with E-state index >= 15 is 0 Å². The van der Waals surface area contributed by atoms with Gasteiger partial charge in [0.15, 0.2) is 0 Å². The van der Waals surface area contributed by atoms with Gasteiger partial charge in [0, 0.05) is 11.3 Å². The molecular weight excluding hydrogens is 160 g/mol. The van der Waals surface area contributed by atoms with E-state index in [1.807, 2.05) is 17.5 Å². The van der Waals surface area contributed by atoms with Crippen molar-refractivity contribution < 1.29 is 10.2 Å². The molecule has 0 aliphatic carbocycles. The van der Waals surface area contributed by atoms with Crippen molar-refractivity contribution in [2.75, 3.05) is 0 Å². The molecule has 0 saturated heterocycles. The van der Waals surface area contributed by atoms with Gasteiger partial charge in [0.2, 0.25) is 0 Å². The maximum atomic E-state index is 9.25. The van der Waals surface area contributed by atoms with Crippen LogP contribution in [0.2, 0.25) is 0 Å². The maximum Gasteiger partial charge on any atom is 0.0844 e. The number of aliphatic hydroxyl groups excluding tert-OH is 2. The Kier molecular flexibility index (Phi) is 3.05. The summed E-state index contributed by atoms with van der Waals surface area (Å²) in [5.74, 6) is 0. The van der Waals surface area contributed by atoms with E-state index in [2.05, 4.69) is 0 Å². The molecule has 1 heterocycles. The summed E-state index contributed by atoms with van der Waals surface area (Å²) in [6.07, 6.45) is -0.722. The standard InChI is InChI=1S/C8H12O2S/c1-6(9)8(10)5-7-3-2-4-11-7/h2-4,6,8-10H,5H2,1H3. The van der Waals surface area contributed by atoms with Crippen LogP contribution in [0.5, 0.6) is 0 Å². The normalized spacial score (nSPS) is 16.3. The summed E-state index contributed by atoms with van der Waals surface area (Å²) in [5.41, 5.74) is 0. The maximum absolute atomic E-state index is 9.25. The van der Waals surface area contributed by atoms with Crippen LogP contribution in [0.4, 0.5) is 0 Å². The zero-order valence-electron chi connectivity index (χ0n) is 6.40. The topological polar surface area (TPSA) is 40.5 Å². The van der Waals surface area contributed by atoms with E-state index in [0.29, 0.717) is 6.42 Å². The van der Waals surface area contributed by atoms with Gasteiger partial charge in [-0.05, 0) is 18.4 Å². The highest BCUT2D eigenvalue weighted by molar-refractivity contribution is 7.09. The zero-order valence-corrected chi connectivity index (χ0v) is 7.21. The van der Waals surface area contributed by atoms with E-state index in [1.165, 1.54) is 0 Å². The van der Waals surface area contributed by atoms with Crippen molar-refractivity contribution in [3.05, 3.63) is 22.4 Å². The first-order chi connectivity index (χ1) is 5.20. The second-order valence-electron chi connectivity index (χ2n) is 2.59. The summed E-state index contributed by atoms with van der Waals surface area (Å²) in [4.78, 5) is 1.11. The van der Waals surface area contributed by atoms with Crippen LogP contribution in [-0.2, 0) is 6.42 Å². The van der Waals surface area contributed by atoms with Gasteiger partial charge in [0.05, 0.1) is 12.2 Å². The fourth-order valence-corrected chi connectivity index (χ4v) is 1.56. The highest BCUT2D eigenvalue weighted by Gasteiger charge is 2.11. The van der Waals surface area contributed by atoms with Crippen molar-refractivity contribution in [2.24, 2.45) is 0 Å². The molecule has 1 aromatic heterocycles. The molecule has 2 atom stereocenters. The molecule has 11 heavy (non-hydrogen) atoms. The molecule has 0 aliphatic heterocycles. The summed E-state index contributed by atoms with van der Waals surface area (Å²) < 4.78 is 0. The molecule has 1 aromatic rings. The van der Waals surface area contributed by atoms with Crippen LogP contribution < -0.4 is 0 Å². The molecule has 0 aliphatic rings. The van der Waals surface area contributed by atoms with E-state index in [1.54, 1.807) is 18.3 Å². The van der Waals surface area contributed by atoms with Gasteiger partial charge in [-0.15, -0.1) is 11.3 Å². The largest absolute Gasteiger partial charge is 0.391 e. The lowest BCUT2D eigenvalue weighted by Crippen LogP contribution is -2.24. The number of hydrogen-bond donors (Lipinski definition) is 2. The Labute approximate surface area is 70.1 Å². The first kappa shape index (κ1) is 8.71. The minimum absolute atomic E-state index is 0.551. The van der Waals surface area contributed by atoms with Crippen molar-refractivity contribution in [1.82, 2.24) is 0 Å². The predicted molar refractivity (Wildman–Crippen MR) is 45.7 cm³/mol. The number of thiophene rings is 1. The molecule has 2 unspecified atom stereocenters. The third kappa shape index (κ3) is 2.61. The second-order valence-corrected chi connectivity index (χ2v) is 3.62. The fourth-order valence-electron chi connectivity index (χ4n) is 0.805. The third-order valence-corrected chi connectivity index (χ3v) is 2.45. The summed E-state index contributed by atoms with van der Waals surface area (Å²) >= 11 is 1.60. The predicted octanol–water partition coefficient (Wildman–Crippen LogP) is 1.03. The first-order valence-electron chi connectivity index (χ1n) is 3.58. The smallest absolute Gasteiger partial charge is 0.0844 e. The number of aliphatic hydroxyl groups is 2. The molecule has 62 valence electrons. The molecule has 0 saturated carbocycles. The van der Waals surface area contributed by atoms with Crippen molar-refractivity contribution in [1.29, 1.82) is 0 Å². The Morgan fingerprint density at radius 2 is 2.27 bits per heavy atom. The van der Waals surface area contributed by atoms with E-state index in [9.17, 15) is 5.11 Å². The lowest BCUT2D eigenvalue weighted by atomic mass is 10.1. The van der Waals surface area contributed by atoms with E-state index in [0.717, 1.165) is 4.88 Å². The van der Waals surface area contributed by atoms with Crippen LogP contribution in [0, 0.1) is 0 Å². The summed E-state index contributed by atoms with van der Waals surface area (Å²) in [5, 5.41) is 20.2. The molecular formula is C8H12O2S. The molecule has 0 amide bonds. The van der Waals surface area contributed by atoms with Crippen LogP contribution >= 0.6 is 11.3 Å². The fraction of sp³-hybridized carbons (Fsp3) is 0.500. The Hall–Kier alpha value is -0.380. The number of hydrogen-bond acceptors (Lipinski definition) is 3. The van der Waals surface area contributed by atoms with Gasteiger partial charge >= 0.3 is 0 Å². The summed E-state index contributed by atoms with van der Waals surface area (Å²) in [6.45, 7) is 1.60. The Bertz CT molecular complexity index is 194. The molecule has 3 heteroatoms. The highest BCUT2D eigenvalue weighted by Crippen LogP contribution is 2.12. The van der Waals surface area contributed by atoms with Gasteiger partial charge in [-0.2, -0.15) is 0 Å². The third-order valence-electron chi connectivity index (χ3n) is 1.55. The van der Waals surface area contributed by atoms with E-state index in [-0.39, 0.29) is 0 Å². The van der Waals surface area contributed by atoms with Crippen LogP contribution in [0.1, 0.15) is 11.8 Å². The summed E-state index contributed by atoms with van der Waals surface area (Å²) in [6, 6.07) is 3.89. The van der Waals surface area contributed by atoms with E-state index in [4.69, 9.17) is 5.11 Å². The first-order valence-corrected chi connectivity index (χ1v) is 4.46. The Morgan fingerprint density at radius 1 is 1.55 bits per heavy atom. The molecule has 1 rings (SSSR count). The average molecular weight is 172 g/mol. The minimum atomic E-state index is -0.642. The van der Waals surface area contributed by atoms with Crippen molar-refractivity contribution in [3.8, 4) is 0 Å². The molecule has 0 aromatic carbocycles. The molecule has 0 radical (unpaired) electrons. The highest BCUT2D eigenvalue weighted by atomic mass is 32.1.